The van der Waals surface area contributed by atoms with Crippen molar-refractivity contribution in [1.82, 2.24) is 4.98 Å². The Labute approximate surface area is 177 Å². The summed E-state index contributed by atoms with van der Waals surface area (Å²) in [6.07, 6.45) is 8.62. The van der Waals surface area contributed by atoms with E-state index in [0.29, 0.717) is 12.3 Å². The molecule has 30 heavy (non-hydrogen) atoms. The topological polar surface area (TPSA) is 122 Å². The van der Waals surface area contributed by atoms with Crippen LogP contribution in [0.3, 0.4) is 0 Å². The van der Waals surface area contributed by atoms with Gasteiger partial charge in [0.2, 0.25) is 0 Å². The van der Waals surface area contributed by atoms with Gasteiger partial charge in [0.15, 0.2) is 17.4 Å². The van der Waals surface area contributed by atoms with Crippen molar-refractivity contribution in [2.24, 2.45) is 10.2 Å². The number of ether oxygens (including phenoxy) is 1. The summed E-state index contributed by atoms with van der Waals surface area (Å²) in [6.45, 7) is 2.53. The van der Waals surface area contributed by atoms with E-state index in [0.717, 1.165) is 19.3 Å². The third-order valence-corrected chi connectivity index (χ3v) is 4.49. The number of aromatic hydroxyl groups is 1. The fraction of sp³-hybridized carbons (Fsp3) is 0.455. The molecular weight excluding hydrogens is 382 g/mol. The van der Waals surface area contributed by atoms with Crippen LogP contribution in [0.25, 0.3) is 0 Å². The number of nitrogen functional groups attached to an aromatic ring is 1. The van der Waals surface area contributed by atoms with Crippen LogP contribution in [0.15, 0.2) is 46.6 Å². The summed E-state index contributed by atoms with van der Waals surface area (Å²) in [5, 5.41) is 20.5. The second-order valence-corrected chi connectivity index (χ2v) is 7.03. The first-order valence-electron chi connectivity index (χ1n) is 10.5. The van der Waals surface area contributed by atoms with E-state index in [1.54, 1.807) is 12.1 Å². The second kappa shape index (κ2) is 13.1. The minimum Gasteiger partial charge on any atom is -0.504 e. The lowest BCUT2D eigenvalue weighted by Gasteiger charge is -2.09. The van der Waals surface area contributed by atoms with E-state index in [4.69, 9.17) is 10.5 Å². The highest BCUT2D eigenvalue weighted by molar-refractivity contribution is 5.86. The fourth-order valence-corrected chi connectivity index (χ4v) is 2.82. The molecule has 8 nitrogen and oxygen atoms in total. The summed E-state index contributed by atoms with van der Waals surface area (Å²) in [6, 6.07) is 10.4. The fourth-order valence-electron chi connectivity index (χ4n) is 2.82. The number of pyridine rings is 1. The number of azo groups is 1. The average Bonchev–Trinajstić information content (AvgIpc) is 2.74. The first kappa shape index (κ1) is 23.1. The minimum atomic E-state index is -0.682. The molecule has 4 N–H and O–H groups in total. The number of aromatic nitrogens is 1. The summed E-state index contributed by atoms with van der Waals surface area (Å²) < 4.78 is 5.14. The normalized spacial score (nSPS) is 11.0. The number of nitrogens with one attached hydrogen (secondary N) is 1. The largest absolute Gasteiger partial charge is 0.504 e. The number of amides is 1. The Morgan fingerprint density at radius 2 is 1.73 bits per heavy atom. The minimum absolute atomic E-state index is 0.0332. The molecule has 0 spiro atoms. The molecule has 1 heterocycles. The van der Waals surface area contributed by atoms with Crippen molar-refractivity contribution in [3.05, 3.63) is 36.4 Å². The summed E-state index contributed by atoms with van der Waals surface area (Å²) >= 11 is 0. The van der Waals surface area contributed by atoms with Crippen molar-refractivity contribution >= 4 is 29.1 Å². The zero-order chi connectivity index (χ0) is 21.6. The molecule has 1 amide bonds. The monoisotopic (exact) mass is 413 g/mol. The highest BCUT2D eigenvalue weighted by Crippen LogP contribution is 2.32. The number of nitrogens with two attached hydrogens (primary N) is 1. The van der Waals surface area contributed by atoms with E-state index < -0.39 is 6.09 Å². The van der Waals surface area contributed by atoms with Gasteiger partial charge in [-0.1, -0.05) is 70.1 Å². The van der Waals surface area contributed by atoms with Gasteiger partial charge in [-0.15, -0.1) is 5.11 Å². The molecule has 0 fully saturated rings. The number of carbonyl (C=O) groups is 1. The van der Waals surface area contributed by atoms with Gasteiger partial charge in [0.25, 0.3) is 0 Å². The number of unbranched alkanes of at least 4 members (excludes halogenated alkanes) is 7. The Kier molecular flexibility index (Phi) is 10.1. The predicted octanol–water partition coefficient (Wildman–Crippen LogP) is 6.47. The number of rotatable bonds is 12. The van der Waals surface area contributed by atoms with Gasteiger partial charge in [-0.3, -0.25) is 5.32 Å². The van der Waals surface area contributed by atoms with Crippen LogP contribution in [0.2, 0.25) is 0 Å². The van der Waals surface area contributed by atoms with Crippen LogP contribution < -0.4 is 11.1 Å². The predicted molar refractivity (Wildman–Crippen MR) is 119 cm³/mol. The van der Waals surface area contributed by atoms with Crippen molar-refractivity contribution in [2.75, 3.05) is 17.7 Å². The molecule has 2 rings (SSSR count). The molecule has 1 aromatic heterocycles. The lowest BCUT2D eigenvalue weighted by molar-refractivity contribution is 0.159. The van der Waals surface area contributed by atoms with Crippen molar-refractivity contribution in [2.45, 2.75) is 58.3 Å². The van der Waals surface area contributed by atoms with Crippen LogP contribution in [-0.4, -0.2) is 22.8 Å². The summed E-state index contributed by atoms with van der Waals surface area (Å²) in [7, 11) is 0. The lowest BCUT2D eigenvalue weighted by Crippen LogP contribution is -2.15. The third-order valence-electron chi connectivity index (χ3n) is 4.49. The Morgan fingerprint density at radius 1 is 1.07 bits per heavy atom. The molecule has 0 atom stereocenters. The van der Waals surface area contributed by atoms with Crippen LogP contribution >= 0.6 is 0 Å². The Morgan fingerprint density at radius 3 is 2.43 bits per heavy atom. The van der Waals surface area contributed by atoms with Crippen molar-refractivity contribution in [1.29, 1.82) is 0 Å². The molecule has 0 saturated carbocycles. The number of hydrogen-bond donors (Lipinski definition) is 3. The molecule has 1 aromatic carbocycles. The molecule has 0 saturated heterocycles. The number of anilines is 2. The molecule has 0 aliphatic heterocycles. The summed E-state index contributed by atoms with van der Waals surface area (Å²) in [4.78, 5) is 15.9. The van der Waals surface area contributed by atoms with E-state index in [2.05, 4.69) is 27.5 Å². The number of carbonyl (C=O) groups excluding carboxylic acids is 1. The molecular formula is C22H31N5O3. The van der Waals surface area contributed by atoms with Gasteiger partial charge in [-0.05, 0) is 18.6 Å². The van der Waals surface area contributed by atoms with E-state index >= 15 is 0 Å². The standard InChI is InChI=1S/C22H31N5O3/c1-2-3-4-5-6-7-8-12-15-30-22(29)25-21-19(28)16-18(20(23)24-21)27-26-17-13-10-9-11-14-17/h9-11,13-14,16,28H,2-8,12,15H2,1H3,(H3,23,24,25,29)/b27-26+. The first-order chi connectivity index (χ1) is 14.6. The molecule has 0 radical (unpaired) electrons. The Hall–Kier alpha value is -3.16. The maximum atomic E-state index is 11.9. The zero-order valence-corrected chi connectivity index (χ0v) is 17.5. The molecule has 162 valence electrons. The second-order valence-electron chi connectivity index (χ2n) is 7.03. The van der Waals surface area contributed by atoms with Crippen molar-refractivity contribution in [3.63, 3.8) is 0 Å². The Bertz CT molecular complexity index is 812. The average molecular weight is 414 g/mol. The highest BCUT2D eigenvalue weighted by atomic mass is 16.5. The molecule has 0 bridgehead atoms. The van der Waals surface area contributed by atoms with E-state index in [9.17, 15) is 9.90 Å². The van der Waals surface area contributed by atoms with Crippen molar-refractivity contribution in [3.8, 4) is 5.75 Å². The van der Waals surface area contributed by atoms with Gasteiger partial charge in [0, 0.05) is 6.07 Å². The number of benzene rings is 1. The van der Waals surface area contributed by atoms with Crippen molar-refractivity contribution < 1.29 is 14.6 Å². The highest BCUT2D eigenvalue weighted by Gasteiger charge is 2.13. The van der Waals surface area contributed by atoms with Crippen LogP contribution in [0, 0.1) is 0 Å². The van der Waals surface area contributed by atoms with E-state index in [1.807, 2.05) is 18.2 Å². The number of nitrogens with zero attached hydrogens (tertiary/aromatic N) is 3. The maximum Gasteiger partial charge on any atom is 0.412 e. The number of hydrogen-bond acceptors (Lipinski definition) is 7. The van der Waals surface area contributed by atoms with Gasteiger partial charge >= 0.3 is 6.09 Å². The van der Waals surface area contributed by atoms with Crippen LogP contribution in [0.4, 0.5) is 27.8 Å². The lowest BCUT2D eigenvalue weighted by atomic mass is 10.1. The SMILES string of the molecule is CCCCCCCCCCOC(=O)Nc1nc(N)c(/N=N/c2ccccc2)cc1O. The smallest absolute Gasteiger partial charge is 0.412 e. The van der Waals surface area contributed by atoms with Gasteiger partial charge in [0.05, 0.1) is 12.3 Å². The van der Waals surface area contributed by atoms with Crippen LogP contribution in [0.5, 0.6) is 5.75 Å². The molecule has 0 aliphatic carbocycles. The molecule has 8 heteroatoms. The van der Waals surface area contributed by atoms with Gasteiger partial charge in [0.1, 0.15) is 5.69 Å². The molecule has 0 unspecified atom stereocenters. The molecule has 0 aliphatic rings. The third kappa shape index (κ3) is 8.46. The molecule has 2 aromatic rings. The van der Waals surface area contributed by atoms with Gasteiger partial charge in [-0.25, -0.2) is 9.78 Å². The maximum absolute atomic E-state index is 11.9. The van der Waals surface area contributed by atoms with Crippen LogP contribution in [-0.2, 0) is 4.74 Å². The van der Waals surface area contributed by atoms with Crippen LogP contribution in [0.1, 0.15) is 58.3 Å². The first-order valence-corrected chi connectivity index (χ1v) is 10.5. The van der Waals surface area contributed by atoms with E-state index in [-0.39, 0.29) is 23.1 Å². The zero-order valence-electron chi connectivity index (χ0n) is 17.5. The summed E-state index contributed by atoms with van der Waals surface area (Å²) in [5.41, 5.74) is 6.71. The van der Waals surface area contributed by atoms with E-state index in [1.165, 1.54) is 38.2 Å². The van der Waals surface area contributed by atoms with Gasteiger partial charge in [-0.2, -0.15) is 5.11 Å². The quantitative estimate of drug-likeness (QED) is 0.272. The summed E-state index contributed by atoms with van der Waals surface area (Å²) in [5.74, 6) is -0.312. The van der Waals surface area contributed by atoms with Gasteiger partial charge < -0.3 is 15.6 Å². The Balaban J connectivity index is 1.75.